The van der Waals surface area contributed by atoms with Crippen molar-refractivity contribution in [2.45, 2.75) is 72.9 Å². The largest absolute Gasteiger partial charge is 0.480 e. The number of carbonyl (C=O) groups is 1. The maximum absolute atomic E-state index is 11.5. The second-order valence-electron chi connectivity index (χ2n) is 7.59. The SMILES string of the molecule is CC(C)CN(CCCC(C)(NC(C)C)C(=O)O)CC(C)C. The topological polar surface area (TPSA) is 52.6 Å². The Kier molecular flexibility index (Phi) is 9.14. The van der Waals surface area contributed by atoms with Gasteiger partial charge in [-0.25, -0.2) is 0 Å². The van der Waals surface area contributed by atoms with Gasteiger partial charge in [0.05, 0.1) is 0 Å². The van der Waals surface area contributed by atoms with Crippen LogP contribution in [-0.2, 0) is 4.79 Å². The average Bonchev–Trinajstić information content (AvgIpc) is 2.25. The summed E-state index contributed by atoms with van der Waals surface area (Å²) < 4.78 is 0. The first kappa shape index (κ1) is 20.4. The van der Waals surface area contributed by atoms with Crippen LogP contribution in [-0.4, -0.2) is 47.2 Å². The highest BCUT2D eigenvalue weighted by molar-refractivity contribution is 5.78. The zero-order valence-corrected chi connectivity index (χ0v) is 15.1. The van der Waals surface area contributed by atoms with Gasteiger partial charge in [-0.3, -0.25) is 10.1 Å². The minimum absolute atomic E-state index is 0.175. The summed E-state index contributed by atoms with van der Waals surface area (Å²) in [6.45, 7) is 17.8. The van der Waals surface area contributed by atoms with Crippen molar-refractivity contribution in [1.29, 1.82) is 0 Å². The number of rotatable bonds is 11. The van der Waals surface area contributed by atoms with E-state index in [-0.39, 0.29) is 6.04 Å². The van der Waals surface area contributed by atoms with E-state index in [1.54, 1.807) is 6.92 Å². The molecule has 0 amide bonds. The summed E-state index contributed by atoms with van der Waals surface area (Å²) >= 11 is 0. The molecule has 0 aliphatic carbocycles. The first-order chi connectivity index (χ1) is 9.56. The standard InChI is InChI=1S/C17H36N2O2/c1-13(2)11-19(12-14(3)4)10-8-9-17(7,16(20)21)18-15(5)6/h13-15,18H,8-12H2,1-7H3,(H,20,21). The highest BCUT2D eigenvalue weighted by Crippen LogP contribution is 2.15. The van der Waals surface area contributed by atoms with Crippen molar-refractivity contribution in [3.8, 4) is 0 Å². The number of carboxylic acids is 1. The Labute approximate surface area is 131 Å². The summed E-state index contributed by atoms with van der Waals surface area (Å²) in [5.41, 5.74) is -0.824. The number of hydrogen-bond acceptors (Lipinski definition) is 3. The Balaban J connectivity index is 4.46. The summed E-state index contributed by atoms with van der Waals surface area (Å²) in [4.78, 5) is 14.0. The van der Waals surface area contributed by atoms with Gasteiger partial charge in [0.1, 0.15) is 5.54 Å². The molecule has 4 nitrogen and oxygen atoms in total. The van der Waals surface area contributed by atoms with Gasteiger partial charge in [0.15, 0.2) is 0 Å². The molecule has 0 bridgehead atoms. The minimum Gasteiger partial charge on any atom is -0.480 e. The summed E-state index contributed by atoms with van der Waals surface area (Å²) in [7, 11) is 0. The maximum Gasteiger partial charge on any atom is 0.323 e. The van der Waals surface area contributed by atoms with Crippen LogP contribution >= 0.6 is 0 Å². The smallest absolute Gasteiger partial charge is 0.323 e. The van der Waals surface area contributed by atoms with Gasteiger partial charge in [-0.2, -0.15) is 0 Å². The van der Waals surface area contributed by atoms with E-state index in [9.17, 15) is 9.90 Å². The quantitative estimate of drug-likeness (QED) is 0.615. The third kappa shape index (κ3) is 9.10. The van der Waals surface area contributed by atoms with Crippen LogP contribution in [0, 0.1) is 11.8 Å². The average molecular weight is 300 g/mol. The van der Waals surface area contributed by atoms with Crippen molar-refractivity contribution in [3.63, 3.8) is 0 Å². The van der Waals surface area contributed by atoms with Gasteiger partial charge in [-0.1, -0.05) is 27.7 Å². The molecular formula is C17H36N2O2. The van der Waals surface area contributed by atoms with E-state index in [2.05, 4.69) is 37.9 Å². The van der Waals surface area contributed by atoms with E-state index >= 15 is 0 Å². The summed E-state index contributed by atoms with van der Waals surface area (Å²) in [5, 5.41) is 12.7. The Hall–Kier alpha value is -0.610. The Morgan fingerprint density at radius 1 is 1.10 bits per heavy atom. The molecule has 0 aromatic rings. The van der Waals surface area contributed by atoms with Crippen LogP contribution in [0.2, 0.25) is 0 Å². The first-order valence-corrected chi connectivity index (χ1v) is 8.30. The molecule has 0 heterocycles. The van der Waals surface area contributed by atoms with E-state index < -0.39 is 11.5 Å². The minimum atomic E-state index is -0.824. The predicted octanol–water partition coefficient (Wildman–Crippen LogP) is 3.22. The number of aliphatic carboxylic acids is 1. The van der Waals surface area contributed by atoms with E-state index in [0.717, 1.165) is 26.1 Å². The third-order valence-electron chi connectivity index (χ3n) is 3.48. The van der Waals surface area contributed by atoms with Gasteiger partial charge in [-0.05, 0) is 52.0 Å². The number of nitrogens with one attached hydrogen (secondary N) is 1. The lowest BCUT2D eigenvalue weighted by Crippen LogP contribution is -2.52. The Morgan fingerprint density at radius 3 is 1.90 bits per heavy atom. The Morgan fingerprint density at radius 2 is 1.57 bits per heavy atom. The fraction of sp³-hybridized carbons (Fsp3) is 0.941. The van der Waals surface area contributed by atoms with Crippen LogP contribution < -0.4 is 5.32 Å². The van der Waals surface area contributed by atoms with Crippen molar-refractivity contribution in [3.05, 3.63) is 0 Å². The van der Waals surface area contributed by atoms with Gasteiger partial charge in [0, 0.05) is 19.1 Å². The van der Waals surface area contributed by atoms with Crippen molar-refractivity contribution in [1.82, 2.24) is 10.2 Å². The molecule has 0 saturated carbocycles. The molecule has 0 aliphatic heterocycles. The van der Waals surface area contributed by atoms with Crippen molar-refractivity contribution in [2.24, 2.45) is 11.8 Å². The van der Waals surface area contributed by atoms with Crippen LogP contribution in [0.25, 0.3) is 0 Å². The molecule has 21 heavy (non-hydrogen) atoms. The van der Waals surface area contributed by atoms with Gasteiger partial charge < -0.3 is 10.0 Å². The molecule has 0 saturated heterocycles. The summed E-state index contributed by atoms with van der Waals surface area (Å²) in [5.74, 6) is 0.530. The molecule has 1 atom stereocenters. The summed E-state index contributed by atoms with van der Waals surface area (Å²) in [6, 6.07) is 0.175. The molecule has 1 unspecified atom stereocenters. The molecule has 126 valence electrons. The molecule has 0 spiro atoms. The number of carboxylic acid groups (broad SMARTS) is 1. The molecule has 4 heteroatoms. The normalized spacial score (nSPS) is 15.2. The molecule has 2 N–H and O–H groups in total. The van der Waals surface area contributed by atoms with Crippen LogP contribution in [0.1, 0.15) is 61.3 Å². The lowest BCUT2D eigenvalue weighted by atomic mass is 9.94. The van der Waals surface area contributed by atoms with Crippen molar-refractivity contribution in [2.75, 3.05) is 19.6 Å². The van der Waals surface area contributed by atoms with Crippen LogP contribution in [0.15, 0.2) is 0 Å². The monoisotopic (exact) mass is 300 g/mol. The second-order valence-corrected chi connectivity index (χ2v) is 7.59. The van der Waals surface area contributed by atoms with E-state index in [1.165, 1.54) is 0 Å². The lowest BCUT2D eigenvalue weighted by molar-refractivity contribution is -0.144. The molecule has 0 aromatic heterocycles. The fourth-order valence-electron chi connectivity index (χ4n) is 2.82. The first-order valence-electron chi connectivity index (χ1n) is 8.30. The zero-order valence-electron chi connectivity index (χ0n) is 15.1. The number of hydrogen-bond donors (Lipinski definition) is 2. The van der Waals surface area contributed by atoms with Crippen LogP contribution in [0.3, 0.4) is 0 Å². The van der Waals surface area contributed by atoms with Crippen LogP contribution in [0.4, 0.5) is 0 Å². The summed E-state index contributed by atoms with van der Waals surface area (Å²) in [6.07, 6.45) is 1.56. The predicted molar refractivity (Wildman–Crippen MR) is 89.7 cm³/mol. The molecule has 0 rings (SSSR count). The molecule has 0 aromatic carbocycles. The van der Waals surface area contributed by atoms with Crippen LogP contribution in [0.5, 0.6) is 0 Å². The molecule has 0 aliphatic rings. The maximum atomic E-state index is 11.5. The van der Waals surface area contributed by atoms with Crippen molar-refractivity contribution >= 4 is 5.97 Å². The third-order valence-corrected chi connectivity index (χ3v) is 3.48. The second kappa shape index (κ2) is 9.42. The van der Waals surface area contributed by atoms with E-state index in [4.69, 9.17) is 0 Å². The molecule has 0 fully saturated rings. The highest BCUT2D eigenvalue weighted by atomic mass is 16.4. The van der Waals surface area contributed by atoms with Gasteiger partial charge in [-0.15, -0.1) is 0 Å². The van der Waals surface area contributed by atoms with Crippen molar-refractivity contribution < 1.29 is 9.90 Å². The van der Waals surface area contributed by atoms with Gasteiger partial charge in [0.2, 0.25) is 0 Å². The van der Waals surface area contributed by atoms with Gasteiger partial charge >= 0.3 is 5.97 Å². The molecule has 0 radical (unpaired) electrons. The zero-order chi connectivity index (χ0) is 16.6. The lowest BCUT2D eigenvalue weighted by Gasteiger charge is -2.31. The number of nitrogens with zero attached hydrogens (tertiary/aromatic N) is 1. The fourth-order valence-corrected chi connectivity index (χ4v) is 2.82. The van der Waals surface area contributed by atoms with E-state index in [0.29, 0.717) is 18.3 Å². The van der Waals surface area contributed by atoms with E-state index in [1.807, 2.05) is 13.8 Å². The molecular weight excluding hydrogens is 264 g/mol. The Bertz CT molecular complexity index is 293. The van der Waals surface area contributed by atoms with Gasteiger partial charge in [0.25, 0.3) is 0 Å². The highest BCUT2D eigenvalue weighted by Gasteiger charge is 2.32.